The van der Waals surface area contributed by atoms with Crippen molar-refractivity contribution in [2.24, 2.45) is 5.92 Å². The van der Waals surface area contributed by atoms with Crippen LogP contribution < -0.4 is 5.32 Å². The van der Waals surface area contributed by atoms with Crippen LogP contribution in [0.15, 0.2) is 15.9 Å². The first-order chi connectivity index (χ1) is 7.26. The van der Waals surface area contributed by atoms with E-state index in [-0.39, 0.29) is 0 Å². The summed E-state index contributed by atoms with van der Waals surface area (Å²) in [5.41, 5.74) is 0. The summed E-state index contributed by atoms with van der Waals surface area (Å²) >= 11 is 5.36. The molecule has 1 unspecified atom stereocenters. The fraction of sp³-hybridized carbons (Fsp3) is 0.667. The van der Waals surface area contributed by atoms with Crippen LogP contribution in [0.4, 0.5) is 0 Å². The molecular weight excluding hydrogens is 270 g/mol. The van der Waals surface area contributed by atoms with Gasteiger partial charge in [-0.3, -0.25) is 0 Å². The van der Waals surface area contributed by atoms with E-state index in [1.807, 2.05) is 11.3 Å². The normalized spacial score (nSPS) is 13.0. The van der Waals surface area contributed by atoms with Gasteiger partial charge in [-0.2, -0.15) is 0 Å². The number of halogens is 1. The summed E-state index contributed by atoms with van der Waals surface area (Å²) in [4.78, 5) is 1.49. The second-order valence-corrected chi connectivity index (χ2v) is 5.83. The molecule has 0 aliphatic carbocycles. The van der Waals surface area contributed by atoms with E-state index in [4.69, 9.17) is 0 Å². The lowest BCUT2D eigenvalue weighted by Crippen LogP contribution is -2.24. The van der Waals surface area contributed by atoms with Crippen LogP contribution in [0.1, 0.15) is 31.6 Å². The van der Waals surface area contributed by atoms with Crippen LogP contribution in [0.25, 0.3) is 0 Å². The van der Waals surface area contributed by atoms with E-state index in [9.17, 15) is 0 Å². The Hall–Kier alpha value is 0.140. The van der Waals surface area contributed by atoms with E-state index in [1.165, 1.54) is 28.6 Å². The lowest BCUT2D eigenvalue weighted by atomic mass is 10.0. The number of hydrogen-bond donors (Lipinski definition) is 1. The molecule has 1 aromatic rings. The third kappa shape index (κ3) is 5.14. The van der Waals surface area contributed by atoms with Crippen molar-refractivity contribution < 1.29 is 0 Å². The van der Waals surface area contributed by atoms with Crippen LogP contribution in [0.3, 0.4) is 0 Å². The highest BCUT2D eigenvalue weighted by Crippen LogP contribution is 2.23. The quantitative estimate of drug-likeness (QED) is 0.746. The fourth-order valence-corrected chi connectivity index (χ4v) is 3.16. The summed E-state index contributed by atoms with van der Waals surface area (Å²) in [6, 6.07) is 2.24. The average Bonchev–Trinajstić information content (AvgIpc) is 2.63. The first-order valence-corrected chi connectivity index (χ1v) is 7.37. The van der Waals surface area contributed by atoms with Gasteiger partial charge in [0.15, 0.2) is 0 Å². The minimum absolute atomic E-state index is 0.780. The highest BCUT2D eigenvalue weighted by atomic mass is 79.9. The predicted octanol–water partition coefficient (Wildman–Crippen LogP) is 4.08. The molecule has 1 nitrogen and oxygen atoms in total. The Bertz CT molecular complexity index is 272. The van der Waals surface area contributed by atoms with Crippen LogP contribution >= 0.6 is 27.3 Å². The van der Waals surface area contributed by atoms with E-state index in [1.54, 1.807) is 0 Å². The molecule has 0 saturated heterocycles. The Labute approximate surface area is 105 Å². The maximum Gasteiger partial charge on any atom is 0.0285 e. The average molecular weight is 290 g/mol. The second-order valence-electron chi connectivity index (χ2n) is 3.91. The molecule has 0 radical (unpaired) electrons. The molecule has 86 valence electrons. The monoisotopic (exact) mass is 289 g/mol. The van der Waals surface area contributed by atoms with Crippen molar-refractivity contribution in [3.05, 3.63) is 20.8 Å². The second kappa shape index (κ2) is 7.42. The van der Waals surface area contributed by atoms with E-state index in [0.717, 1.165) is 19.0 Å². The van der Waals surface area contributed by atoms with Crippen molar-refractivity contribution in [2.45, 2.75) is 33.1 Å². The van der Waals surface area contributed by atoms with Crippen LogP contribution in [0.5, 0.6) is 0 Å². The molecule has 0 aliphatic heterocycles. The van der Waals surface area contributed by atoms with E-state index in [0.29, 0.717) is 0 Å². The zero-order valence-corrected chi connectivity index (χ0v) is 12.0. The van der Waals surface area contributed by atoms with Crippen LogP contribution in [-0.2, 0) is 6.42 Å². The molecule has 1 atom stereocenters. The van der Waals surface area contributed by atoms with Crippen molar-refractivity contribution in [2.75, 3.05) is 13.1 Å². The van der Waals surface area contributed by atoms with Crippen LogP contribution in [-0.4, -0.2) is 13.1 Å². The van der Waals surface area contributed by atoms with Gasteiger partial charge in [0.2, 0.25) is 0 Å². The van der Waals surface area contributed by atoms with Gasteiger partial charge in [0.1, 0.15) is 0 Å². The van der Waals surface area contributed by atoms with E-state index >= 15 is 0 Å². The van der Waals surface area contributed by atoms with Crippen molar-refractivity contribution in [3.63, 3.8) is 0 Å². The summed E-state index contributed by atoms with van der Waals surface area (Å²) in [6.07, 6.45) is 3.69. The summed E-state index contributed by atoms with van der Waals surface area (Å²) in [6.45, 7) is 6.79. The molecule has 0 aromatic carbocycles. The van der Waals surface area contributed by atoms with Crippen LogP contribution in [0.2, 0.25) is 0 Å². The molecule has 0 spiro atoms. The molecule has 3 heteroatoms. The topological polar surface area (TPSA) is 12.0 Å². The molecule has 0 bridgehead atoms. The number of thiophene rings is 1. The number of nitrogens with one attached hydrogen (secondary N) is 1. The van der Waals surface area contributed by atoms with Gasteiger partial charge in [-0.15, -0.1) is 11.3 Å². The fourth-order valence-electron chi connectivity index (χ4n) is 1.59. The first-order valence-electron chi connectivity index (χ1n) is 5.69. The third-order valence-corrected chi connectivity index (χ3v) is 4.27. The molecule has 1 N–H and O–H groups in total. The van der Waals surface area contributed by atoms with E-state index < -0.39 is 0 Å². The molecule has 1 rings (SSSR count). The van der Waals surface area contributed by atoms with Gasteiger partial charge in [0.25, 0.3) is 0 Å². The molecule has 0 saturated carbocycles. The molecule has 0 amide bonds. The Balaban J connectivity index is 2.33. The Morgan fingerprint density at radius 2 is 2.27 bits per heavy atom. The highest BCUT2D eigenvalue weighted by Gasteiger charge is 2.08. The summed E-state index contributed by atoms with van der Waals surface area (Å²) < 4.78 is 1.22. The number of hydrogen-bond acceptors (Lipinski definition) is 2. The minimum Gasteiger partial charge on any atom is -0.316 e. The van der Waals surface area contributed by atoms with Crippen molar-refractivity contribution in [3.8, 4) is 0 Å². The molecule has 1 aromatic heterocycles. The smallest absolute Gasteiger partial charge is 0.0285 e. The highest BCUT2D eigenvalue weighted by molar-refractivity contribution is 9.10. The molecule has 0 aliphatic rings. The van der Waals surface area contributed by atoms with Crippen LogP contribution in [0, 0.1) is 5.92 Å². The maximum absolute atomic E-state index is 3.51. The predicted molar refractivity (Wildman–Crippen MR) is 72.7 cm³/mol. The lowest BCUT2D eigenvalue weighted by molar-refractivity contribution is 0.463. The Kier molecular flexibility index (Phi) is 6.53. The summed E-state index contributed by atoms with van der Waals surface area (Å²) in [7, 11) is 0. The number of rotatable bonds is 7. The largest absolute Gasteiger partial charge is 0.316 e. The first kappa shape index (κ1) is 13.2. The maximum atomic E-state index is 3.51. The molecule has 0 fully saturated rings. The van der Waals surface area contributed by atoms with Gasteiger partial charge < -0.3 is 5.32 Å². The van der Waals surface area contributed by atoms with Gasteiger partial charge >= 0.3 is 0 Å². The van der Waals surface area contributed by atoms with Gasteiger partial charge in [0, 0.05) is 14.7 Å². The standard InChI is InChI=1S/C12H20BrNS/c1-3-5-14-8-10(4-2)6-12-7-11(13)9-15-12/h7,9-10,14H,3-6,8H2,1-2H3. The Morgan fingerprint density at radius 1 is 1.47 bits per heavy atom. The zero-order valence-electron chi connectivity index (χ0n) is 9.55. The summed E-state index contributed by atoms with van der Waals surface area (Å²) in [5, 5.41) is 5.67. The lowest BCUT2D eigenvalue weighted by Gasteiger charge is -2.14. The third-order valence-electron chi connectivity index (χ3n) is 2.55. The Morgan fingerprint density at radius 3 is 2.80 bits per heavy atom. The zero-order chi connectivity index (χ0) is 11.1. The molecule has 1 heterocycles. The van der Waals surface area contributed by atoms with Gasteiger partial charge in [-0.05, 0) is 53.8 Å². The molecular formula is C12H20BrNS. The van der Waals surface area contributed by atoms with Gasteiger partial charge in [-0.25, -0.2) is 0 Å². The van der Waals surface area contributed by atoms with E-state index in [2.05, 4.69) is 46.5 Å². The van der Waals surface area contributed by atoms with Crippen molar-refractivity contribution in [1.29, 1.82) is 0 Å². The SMILES string of the molecule is CCCNCC(CC)Cc1cc(Br)cs1. The van der Waals surface area contributed by atoms with Crippen molar-refractivity contribution in [1.82, 2.24) is 5.32 Å². The van der Waals surface area contributed by atoms with Crippen molar-refractivity contribution >= 4 is 27.3 Å². The molecule has 15 heavy (non-hydrogen) atoms. The summed E-state index contributed by atoms with van der Waals surface area (Å²) in [5.74, 6) is 0.780. The minimum atomic E-state index is 0.780. The van der Waals surface area contributed by atoms with Gasteiger partial charge in [0.05, 0.1) is 0 Å². The van der Waals surface area contributed by atoms with Gasteiger partial charge in [-0.1, -0.05) is 20.3 Å².